The normalized spacial score (nSPS) is 14.3. The fraction of sp³-hybridized carbons (Fsp3) is 0.231. The van der Waals surface area contributed by atoms with Crippen molar-refractivity contribution in [3.05, 3.63) is 42.5 Å². The number of halogens is 5. The zero-order chi connectivity index (χ0) is 16.4. The van der Waals surface area contributed by atoms with Crippen LogP contribution in [0.4, 0.5) is 22.0 Å². The summed E-state index contributed by atoms with van der Waals surface area (Å²) in [4.78, 5) is 0.242. The molecule has 0 aromatic heterocycles. The Morgan fingerprint density at radius 1 is 0.955 bits per heavy atom. The number of alkyl halides is 5. The van der Waals surface area contributed by atoms with Gasteiger partial charge in [-0.2, -0.15) is 22.0 Å². The van der Waals surface area contributed by atoms with E-state index in [2.05, 4.69) is 4.18 Å². The summed E-state index contributed by atoms with van der Waals surface area (Å²) in [5.74, 6) is 0. The van der Waals surface area contributed by atoms with Gasteiger partial charge in [0.25, 0.3) is 0 Å². The Bertz CT molecular complexity index is 648. The van der Waals surface area contributed by atoms with Gasteiger partial charge in [-0.25, -0.2) is 0 Å². The van der Waals surface area contributed by atoms with Crippen molar-refractivity contribution in [2.75, 3.05) is 0 Å². The molecular formula is C13H9F5O2S2. The molecular weight excluding hydrogens is 347 g/mol. The van der Waals surface area contributed by atoms with Gasteiger partial charge in [-0.15, -0.1) is 0 Å². The second-order valence-corrected chi connectivity index (χ2v) is 5.82. The molecule has 0 aliphatic rings. The molecule has 0 amide bonds. The van der Waals surface area contributed by atoms with Gasteiger partial charge in [-0.05, 0) is 22.9 Å². The predicted octanol–water partition coefficient (Wildman–Crippen LogP) is 5.59. The van der Waals surface area contributed by atoms with Gasteiger partial charge in [0.15, 0.2) is 0 Å². The van der Waals surface area contributed by atoms with Gasteiger partial charge in [0.05, 0.1) is 12.0 Å². The van der Waals surface area contributed by atoms with E-state index in [0.29, 0.717) is 0 Å². The van der Waals surface area contributed by atoms with E-state index in [-0.39, 0.29) is 16.9 Å². The van der Waals surface area contributed by atoms with Crippen molar-refractivity contribution in [3.8, 4) is 0 Å². The minimum atomic E-state index is -5.32. The Morgan fingerprint density at radius 2 is 1.59 bits per heavy atom. The molecule has 0 bridgehead atoms. The summed E-state index contributed by atoms with van der Waals surface area (Å²) in [5, 5.41) is -2.90. The SMILES string of the molecule is OSC(F)(F)C(OSc1ccc2ccccc2c1)C(F)(F)F. The Kier molecular flexibility index (Phi) is 5.21. The first-order chi connectivity index (χ1) is 10.2. The van der Waals surface area contributed by atoms with Crippen LogP contribution >= 0.6 is 24.1 Å². The van der Waals surface area contributed by atoms with E-state index in [0.717, 1.165) is 10.8 Å². The highest BCUT2D eigenvalue weighted by molar-refractivity contribution is 7.95. The van der Waals surface area contributed by atoms with Crippen molar-refractivity contribution in [1.29, 1.82) is 0 Å². The van der Waals surface area contributed by atoms with Crippen LogP contribution in [0.1, 0.15) is 0 Å². The van der Waals surface area contributed by atoms with Gasteiger partial charge < -0.3 is 4.55 Å². The second-order valence-electron chi connectivity index (χ2n) is 4.26. The fourth-order valence-electron chi connectivity index (χ4n) is 1.67. The molecule has 2 rings (SSSR count). The van der Waals surface area contributed by atoms with Crippen LogP contribution in [0.25, 0.3) is 10.8 Å². The van der Waals surface area contributed by atoms with E-state index < -0.39 is 29.6 Å². The Labute approximate surface area is 131 Å². The van der Waals surface area contributed by atoms with Crippen LogP contribution in [-0.2, 0) is 4.18 Å². The van der Waals surface area contributed by atoms with Crippen LogP contribution in [0, 0.1) is 0 Å². The highest BCUT2D eigenvalue weighted by atomic mass is 32.2. The third-order valence-electron chi connectivity index (χ3n) is 2.69. The predicted molar refractivity (Wildman–Crippen MR) is 75.9 cm³/mol. The summed E-state index contributed by atoms with van der Waals surface area (Å²) in [6, 6.07) is 11.7. The summed E-state index contributed by atoms with van der Waals surface area (Å²) in [7, 11) is 0. The lowest BCUT2D eigenvalue weighted by atomic mass is 10.1. The van der Waals surface area contributed by atoms with Gasteiger partial charge in [0, 0.05) is 16.9 Å². The molecule has 0 heterocycles. The third-order valence-corrected chi connectivity index (χ3v) is 3.88. The van der Waals surface area contributed by atoms with E-state index in [4.69, 9.17) is 4.55 Å². The van der Waals surface area contributed by atoms with Crippen LogP contribution in [0.3, 0.4) is 0 Å². The zero-order valence-corrected chi connectivity index (χ0v) is 12.3. The van der Waals surface area contributed by atoms with E-state index in [9.17, 15) is 22.0 Å². The van der Waals surface area contributed by atoms with Gasteiger partial charge in [-0.3, -0.25) is 4.18 Å². The Balaban J connectivity index is 2.17. The number of fused-ring (bicyclic) bond motifs is 1. The summed E-state index contributed by atoms with van der Waals surface area (Å²) in [6.45, 7) is 0. The van der Waals surface area contributed by atoms with E-state index in [1.807, 2.05) is 0 Å². The van der Waals surface area contributed by atoms with Crippen molar-refractivity contribution >= 4 is 34.9 Å². The molecule has 0 aliphatic heterocycles. The average molecular weight is 356 g/mol. The third kappa shape index (κ3) is 4.03. The first-order valence-electron chi connectivity index (χ1n) is 5.83. The van der Waals surface area contributed by atoms with Gasteiger partial charge >= 0.3 is 11.4 Å². The molecule has 9 heteroatoms. The summed E-state index contributed by atoms with van der Waals surface area (Å²) >= 11 is -1.00. The number of hydrogen-bond acceptors (Lipinski definition) is 4. The molecule has 1 N–H and O–H groups in total. The fourth-order valence-corrected chi connectivity index (χ4v) is 2.75. The maximum atomic E-state index is 13.1. The molecule has 0 saturated carbocycles. The lowest BCUT2D eigenvalue weighted by molar-refractivity contribution is -0.233. The lowest BCUT2D eigenvalue weighted by Gasteiger charge is -2.25. The van der Waals surface area contributed by atoms with Crippen LogP contribution in [0.2, 0.25) is 0 Å². The molecule has 0 spiro atoms. The molecule has 0 fully saturated rings. The first-order valence-corrected chi connectivity index (χ1v) is 7.35. The smallest absolute Gasteiger partial charge is 0.325 e. The summed E-state index contributed by atoms with van der Waals surface area (Å²) in [6.07, 6.45) is -8.74. The van der Waals surface area contributed by atoms with Gasteiger partial charge in [0.1, 0.15) is 0 Å². The minimum absolute atomic E-state index is 0.188. The molecule has 2 aromatic carbocycles. The molecule has 1 unspecified atom stereocenters. The van der Waals surface area contributed by atoms with Crippen molar-refractivity contribution in [2.24, 2.45) is 0 Å². The molecule has 2 nitrogen and oxygen atoms in total. The molecule has 0 saturated heterocycles. The molecule has 22 heavy (non-hydrogen) atoms. The summed E-state index contributed by atoms with van der Waals surface area (Å²) in [5.41, 5.74) is 0. The number of rotatable bonds is 5. The van der Waals surface area contributed by atoms with E-state index in [1.165, 1.54) is 12.1 Å². The van der Waals surface area contributed by atoms with Crippen molar-refractivity contribution in [3.63, 3.8) is 0 Å². The maximum absolute atomic E-state index is 13.1. The molecule has 1 atom stereocenters. The highest BCUT2D eigenvalue weighted by Crippen LogP contribution is 2.43. The van der Waals surface area contributed by atoms with E-state index in [1.54, 1.807) is 30.3 Å². The average Bonchev–Trinajstić information content (AvgIpc) is 2.45. The summed E-state index contributed by atoms with van der Waals surface area (Å²) < 4.78 is 76.7. The van der Waals surface area contributed by atoms with Crippen LogP contribution in [0.5, 0.6) is 0 Å². The van der Waals surface area contributed by atoms with Crippen molar-refractivity contribution < 1.29 is 30.7 Å². The van der Waals surface area contributed by atoms with Crippen molar-refractivity contribution in [2.45, 2.75) is 22.4 Å². The van der Waals surface area contributed by atoms with Gasteiger partial charge in [-0.1, -0.05) is 30.3 Å². The van der Waals surface area contributed by atoms with E-state index >= 15 is 0 Å². The van der Waals surface area contributed by atoms with Crippen LogP contribution < -0.4 is 0 Å². The first kappa shape index (κ1) is 17.3. The van der Waals surface area contributed by atoms with Crippen LogP contribution in [-0.4, -0.2) is 22.1 Å². The quantitative estimate of drug-likeness (QED) is 0.558. The molecule has 120 valence electrons. The molecule has 0 aliphatic carbocycles. The number of hydrogen-bond donors (Lipinski definition) is 1. The lowest BCUT2D eigenvalue weighted by Crippen LogP contribution is -2.43. The largest absolute Gasteiger partial charge is 0.422 e. The minimum Gasteiger partial charge on any atom is -0.325 e. The monoisotopic (exact) mass is 356 g/mol. The topological polar surface area (TPSA) is 29.5 Å². The zero-order valence-electron chi connectivity index (χ0n) is 10.7. The second kappa shape index (κ2) is 6.61. The van der Waals surface area contributed by atoms with Crippen LogP contribution in [0.15, 0.2) is 47.4 Å². The number of benzene rings is 2. The highest BCUT2D eigenvalue weighted by Gasteiger charge is 2.58. The standard InChI is InChI=1S/C13H9F5O2S2/c14-12(15,16)11(13(17,18)22-19)20-21-10-6-5-8-3-1-2-4-9(8)7-10/h1-7,11,19H. The maximum Gasteiger partial charge on any atom is 0.422 e. The molecule has 0 radical (unpaired) electrons. The molecule has 2 aromatic rings. The Morgan fingerprint density at radius 3 is 2.18 bits per heavy atom. The van der Waals surface area contributed by atoms with Gasteiger partial charge in [0.2, 0.25) is 6.10 Å². The Hall–Kier alpha value is -1.03. The van der Waals surface area contributed by atoms with Crippen molar-refractivity contribution in [1.82, 2.24) is 0 Å².